The van der Waals surface area contributed by atoms with Crippen molar-refractivity contribution in [2.24, 2.45) is 10.2 Å². The van der Waals surface area contributed by atoms with Crippen molar-refractivity contribution >= 4 is 23.8 Å². The third-order valence-electron chi connectivity index (χ3n) is 3.12. The summed E-state index contributed by atoms with van der Waals surface area (Å²) in [6, 6.07) is 25.2. The Kier molecular flexibility index (Phi) is 16.1. The van der Waals surface area contributed by atoms with Gasteiger partial charge in [-0.25, -0.2) is 4.98 Å². The van der Waals surface area contributed by atoms with Crippen molar-refractivity contribution in [1.29, 1.82) is 0 Å². The fraction of sp³-hybridized carbons (Fsp3) is 0. The Morgan fingerprint density at radius 3 is 1.36 bits per heavy atom. The van der Waals surface area contributed by atoms with E-state index >= 15 is 0 Å². The average Bonchev–Trinajstić information content (AvgIpc) is 2.64. The smallest absolute Gasteiger partial charge is 0.0838 e. The Bertz CT molecular complexity index is 766. The Labute approximate surface area is 195 Å². The van der Waals surface area contributed by atoms with E-state index in [9.17, 15) is 0 Å². The molecule has 2 N–H and O–H groups in total. The van der Waals surface area contributed by atoms with Crippen molar-refractivity contribution in [2.75, 3.05) is 10.9 Å². The molecule has 5 nitrogen and oxygen atoms in total. The van der Waals surface area contributed by atoms with E-state index in [-0.39, 0.29) is 55.8 Å². The van der Waals surface area contributed by atoms with Crippen LogP contribution in [0, 0.1) is 0 Å². The number of anilines is 2. The van der Waals surface area contributed by atoms with Crippen LogP contribution in [0.2, 0.25) is 0 Å². The monoisotopic (exact) mass is 471 g/mol. The van der Waals surface area contributed by atoms with E-state index in [1.54, 1.807) is 12.4 Å². The number of nitrogens with zero attached hydrogens (tertiary/aromatic N) is 3. The van der Waals surface area contributed by atoms with Crippen molar-refractivity contribution < 1.29 is 55.8 Å². The molecule has 0 aliphatic carbocycles. The van der Waals surface area contributed by atoms with E-state index in [0.29, 0.717) is 0 Å². The van der Waals surface area contributed by atoms with Crippen LogP contribution in [-0.2, 0) is 18.6 Å². The quantitative estimate of drug-likeness (QED) is 0.279. The molecule has 1 radical (unpaired) electrons. The molecule has 28 heavy (non-hydrogen) atoms. The van der Waals surface area contributed by atoms with Crippen molar-refractivity contribution in [3.8, 4) is 0 Å². The molecule has 147 valence electrons. The summed E-state index contributed by atoms with van der Waals surface area (Å²) in [7, 11) is 0. The molecule has 0 saturated carbocycles. The van der Waals surface area contributed by atoms with Gasteiger partial charge in [0.25, 0.3) is 0 Å². The van der Waals surface area contributed by atoms with Gasteiger partial charge in [-0.3, -0.25) is 10.9 Å². The maximum absolute atomic E-state index is 4.46. The number of rotatable bonds is 6. The molecule has 3 aromatic rings. The molecule has 2 aromatic carbocycles. The predicted molar refractivity (Wildman–Crippen MR) is 99.6 cm³/mol. The zero-order chi connectivity index (χ0) is 16.5. The van der Waals surface area contributed by atoms with Crippen LogP contribution >= 0.6 is 0 Å². The molecule has 0 aliphatic rings. The molecular formula is C19H17Cl3N5V-3. The van der Waals surface area contributed by atoms with Gasteiger partial charge in [0, 0.05) is 18.6 Å². The molecule has 0 unspecified atom stereocenters. The predicted octanol–water partition coefficient (Wildman–Crippen LogP) is -5.02. The summed E-state index contributed by atoms with van der Waals surface area (Å²) < 4.78 is 0. The van der Waals surface area contributed by atoms with Gasteiger partial charge in [-0.05, 0) is 36.4 Å². The van der Waals surface area contributed by atoms with Gasteiger partial charge in [-0.2, -0.15) is 10.2 Å². The van der Waals surface area contributed by atoms with E-state index in [4.69, 9.17) is 0 Å². The minimum Gasteiger partial charge on any atom is -1.00 e. The molecule has 0 bridgehead atoms. The van der Waals surface area contributed by atoms with Gasteiger partial charge >= 0.3 is 0 Å². The fourth-order valence-electron chi connectivity index (χ4n) is 1.98. The van der Waals surface area contributed by atoms with E-state index in [1.165, 1.54) is 0 Å². The molecule has 0 aliphatic heterocycles. The number of pyridine rings is 1. The average molecular weight is 473 g/mol. The van der Waals surface area contributed by atoms with Crippen LogP contribution in [-0.4, -0.2) is 17.4 Å². The molecule has 0 fully saturated rings. The molecule has 3 rings (SSSR count). The fourth-order valence-corrected chi connectivity index (χ4v) is 1.98. The Balaban J connectivity index is 0. The van der Waals surface area contributed by atoms with Gasteiger partial charge in [-0.1, -0.05) is 42.5 Å². The van der Waals surface area contributed by atoms with E-state index in [0.717, 1.165) is 22.8 Å². The standard InChI is InChI=1S/C19H17N5.3ClH.V/c1-3-8-16(9-4-1)23-20-14-18-12-7-13-19(22-18)15-21-24-17-10-5-2-6-11-17;;;;/h1-15,23-24H;3*1H;/p-3. The third-order valence-corrected chi connectivity index (χ3v) is 3.12. The molecule has 0 saturated heterocycles. The number of aromatic nitrogens is 1. The van der Waals surface area contributed by atoms with Gasteiger partial charge in [-0.15, -0.1) is 0 Å². The largest absolute Gasteiger partial charge is 1.00 e. The Morgan fingerprint density at radius 1 is 0.571 bits per heavy atom. The maximum Gasteiger partial charge on any atom is 0.0838 e. The topological polar surface area (TPSA) is 61.7 Å². The molecule has 0 amide bonds. The normalized spacial score (nSPS) is 9.43. The first kappa shape index (κ1) is 28.2. The van der Waals surface area contributed by atoms with E-state index in [1.807, 2.05) is 78.9 Å². The zero-order valence-corrected chi connectivity index (χ0v) is 18.2. The molecule has 0 spiro atoms. The van der Waals surface area contributed by atoms with Crippen molar-refractivity contribution in [3.63, 3.8) is 0 Å². The van der Waals surface area contributed by atoms with Crippen molar-refractivity contribution in [1.82, 2.24) is 4.98 Å². The number of benzene rings is 2. The third kappa shape index (κ3) is 9.79. The first-order valence-corrected chi connectivity index (χ1v) is 7.55. The van der Waals surface area contributed by atoms with Gasteiger partial charge in [0.05, 0.1) is 35.2 Å². The van der Waals surface area contributed by atoms with Crippen LogP contribution in [0.5, 0.6) is 0 Å². The summed E-state index contributed by atoms with van der Waals surface area (Å²) >= 11 is 0. The molecule has 9 heteroatoms. The maximum atomic E-state index is 4.46. The summed E-state index contributed by atoms with van der Waals surface area (Å²) in [5.41, 5.74) is 9.28. The number of hydrogen-bond donors (Lipinski definition) is 2. The number of nitrogens with one attached hydrogen (secondary N) is 2. The summed E-state index contributed by atoms with van der Waals surface area (Å²) in [5, 5.41) is 8.37. The van der Waals surface area contributed by atoms with Crippen LogP contribution < -0.4 is 48.1 Å². The van der Waals surface area contributed by atoms with Crippen LogP contribution in [0.4, 0.5) is 11.4 Å². The number of hydrogen-bond acceptors (Lipinski definition) is 5. The summed E-state index contributed by atoms with van der Waals surface area (Å²) in [4.78, 5) is 4.46. The van der Waals surface area contributed by atoms with Gasteiger partial charge in [0.2, 0.25) is 0 Å². The van der Waals surface area contributed by atoms with Gasteiger partial charge in [0.15, 0.2) is 0 Å². The SMILES string of the molecule is C(=NNc1ccccc1)c1cccc(C=NNc2ccccc2)n1.[Cl-].[Cl-].[Cl-].[V]. The van der Waals surface area contributed by atoms with Gasteiger partial charge in [0.1, 0.15) is 0 Å². The van der Waals surface area contributed by atoms with Crippen molar-refractivity contribution in [3.05, 3.63) is 90.3 Å². The summed E-state index contributed by atoms with van der Waals surface area (Å²) in [6.45, 7) is 0. The zero-order valence-electron chi connectivity index (χ0n) is 14.6. The molecular weight excluding hydrogens is 456 g/mol. The summed E-state index contributed by atoms with van der Waals surface area (Å²) in [5.74, 6) is 0. The summed E-state index contributed by atoms with van der Waals surface area (Å²) in [6.07, 6.45) is 3.35. The minimum atomic E-state index is 0. The van der Waals surface area contributed by atoms with E-state index in [2.05, 4.69) is 26.0 Å². The number of halogens is 3. The number of hydrazone groups is 2. The van der Waals surface area contributed by atoms with Gasteiger partial charge < -0.3 is 37.2 Å². The van der Waals surface area contributed by atoms with E-state index < -0.39 is 0 Å². The van der Waals surface area contributed by atoms with Crippen LogP contribution in [0.25, 0.3) is 0 Å². The molecule has 1 aromatic heterocycles. The Hall–Kier alpha value is -2.02. The first-order chi connectivity index (χ1) is 11.9. The number of para-hydroxylation sites is 2. The van der Waals surface area contributed by atoms with Crippen LogP contribution in [0.3, 0.4) is 0 Å². The second-order valence-electron chi connectivity index (χ2n) is 4.96. The van der Waals surface area contributed by atoms with Crippen LogP contribution in [0.15, 0.2) is 89.1 Å². The van der Waals surface area contributed by atoms with Crippen molar-refractivity contribution in [2.45, 2.75) is 0 Å². The molecule has 0 atom stereocenters. The minimum absolute atomic E-state index is 0. The first-order valence-electron chi connectivity index (χ1n) is 7.55. The Morgan fingerprint density at radius 2 is 0.964 bits per heavy atom. The second kappa shape index (κ2) is 16.0. The second-order valence-corrected chi connectivity index (χ2v) is 4.96. The van der Waals surface area contributed by atoms with Crippen LogP contribution in [0.1, 0.15) is 11.4 Å². The molecule has 1 heterocycles.